The minimum Gasteiger partial charge on any atom is -0.0772 e. The summed E-state index contributed by atoms with van der Waals surface area (Å²) in [6.45, 7) is 4.26. The van der Waals surface area contributed by atoms with Gasteiger partial charge >= 0.3 is 0 Å². The third kappa shape index (κ3) is 3.65. The van der Waals surface area contributed by atoms with E-state index < -0.39 is 0 Å². The zero-order valence-corrected chi connectivity index (χ0v) is 13.3. The number of aryl methyl sites for hydroxylation is 2. The van der Waals surface area contributed by atoms with Crippen LogP contribution < -0.4 is 0 Å². The van der Waals surface area contributed by atoms with E-state index in [1.54, 1.807) is 0 Å². The molecule has 0 N–H and O–H groups in total. The molecule has 0 radical (unpaired) electrons. The Balaban J connectivity index is 1.73. The summed E-state index contributed by atoms with van der Waals surface area (Å²) >= 11 is 0. The van der Waals surface area contributed by atoms with E-state index in [0.717, 1.165) is 12.8 Å². The lowest BCUT2D eigenvalue weighted by molar-refractivity contribution is 1.17. The van der Waals surface area contributed by atoms with Gasteiger partial charge in [0, 0.05) is 0 Å². The van der Waals surface area contributed by atoms with Gasteiger partial charge in [-0.25, -0.2) is 0 Å². The summed E-state index contributed by atoms with van der Waals surface area (Å²) in [6, 6.07) is 17.6. The Labute approximate surface area is 133 Å². The highest BCUT2D eigenvalue weighted by atomic mass is 14.1. The van der Waals surface area contributed by atoms with Crippen molar-refractivity contribution in [1.29, 1.82) is 0 Å². The molecule has 22 heavy (non-hydrogen) atoms. The van der Waals surface area contributed by atoms with E-state index in [1.807, 2.05) is 0 Å². The van der Waals surface area contributed by atoms with Crippen LogP contribution in [-0.2, 0) is 6.42 Å². The van der Waals surface area contributed by atoms with Gasteiger partial charge in [-0.2, -0.15) is 0 Å². The van der Waals surface area contributed by atoms with Crippen LogP contribution in [0.3, 0.4) is 0 Å². The van der Waals surface area contributed by atoms with Crippen LogP contribution >= 0.6 is 0 Å². The molecule has 1 aliphatic carbocycles. The van der Waals surface area contributed by atoms with Gasteiger partial charge in [-0.05, 0) is 49.0 Å². The fraction of sp³-hybridized carbons (Fsp3) is 0.182. The summed E-state index contributed by atoms with van der Waals surface area (Å²) in [5.74, 6) is 0. The van der Waals surface area contributed by atoms with Gasteiger partial charge in [0.15, 0.2) is 0 Å². The van der Waals surface area contributed by atoms with Crippen LogP contribution in [0.15, 0.2) is 78.4 Å². The molecule has 3 rings (SSSR count). The predicted octanol–water partition coefficient (Wildman–Crippen LogP) is 5.82. The van der Waals surface area contributed by atoms with Gasteiger partial charge in [-0.3, -0.25) is 0 Å². The van der Waals surface area contributed by atoms with Crippen molar-refractivity contribution in [3.05, 3.63) is 101 Å². The highest BCUT2D eigenvalue weighted by molar-refractivity contribution is 5.75. The second-order valence-electron chi connectivity index (χ2n) is 6.04. The second-order valence-corrected chi connectivity index (χ2v) is 6.04. The zero-order valence-electron chi connectivity index (χ0n) is 13.3. The molecule has 0 atom stereocenters. The lowest BCUT2D eigenvalue weighted by Gasteiger charge is -2.03. The standard InChI is InChI=1S/C22H22/c1-17-6-10-20(11-7-17)16-19-4-3-5-21(15-12-19)22-13-8-18(2)9-14-22/h4-15H,3,16H2,1-2H3. The molecule has 0 unspecified atom stereocenters. The van der Waals surface area contributed by atoms with Gasteiger partial charge in [0.1, 0.15) is 0 Å². The van der Waals surface area contributed by atoms with Crippen molar-refractivity contribution in [3.63, 3.8) is 0 Å². The average molecular weight is 286 g/mol. The first kappa shape index (κ1) is 14.6. The van der Waals surface area contributed by atoms with Gasteiger partial charge in [0.25, 0.3) is 0 Å². The quantitative estimate of drug-likeness (QED) is 0.667. The lowest BCUT2D eigenvalue weighted by Crippen LogP contribution is -1.88. The Bertz CT molecular complexity index is 723. The summed E-state index contributed by atoms with van der Waals surface area (Å²) in [7, 11) is 0. The van der Waals surface area contributed by atoms with Crippen molar-refractivity contribution in [2.24, 2.45) is 0 Å². The Morgan fingerprint density at radius 3 is 2.05 bits per heavy atom. The molecule has 0 nitrogen and oxygen atoms in total. The molecule has 2 aromatic rings. The Kier molecular flexibility index (Phi) is 4.39. The third-order valence-corrected chi connectivity index (χ3v) is 4.11. The topological polar surface area (TPSA) is 0 Å². The first-order chi connectivity index (χ1) is 10.7. The van der Waals surface area contributed by atoms with Gasteiger partial charge in [-0.15, -0.1) is 0 Å². The molecule has 0 saturated carbocycles. The van der Waals surface area contributed by atoms with E-state index in [-0.39, 0.29) is 0 Å². The highest BCUT2D eigenvalue weighted by Crippen LogP contribution is 2.22. The molecule has 2 aromatic carbocycles. The molecule has 0 bridgehead atoms. The van der Waals surface area contributed by atoms with Crippen molar-refractivity contribution in [2.75, 3.05) is 0 Å². The van der Waals surface area contributed by atoms with Crippen LogP contribution in [0.4, 0.5) is 0 Å². The average Bonchev–Trinajstić information content (AvgIpc) is 2.76. The highest BCUT2D eigenvalue weighted by Gasteiger charge is 2.03. The number of allylic oxidation sites excluding steroid dienone is 6. The van der Waals surface area contributed by atoms with E-state index in [4.69, 9.17) is 0 Å². The Morgan fingerprint density at radius 1 is 0.727 bits per heavy atom. The smallest absolute Gasteiger partial charge is 0.00288 e. The largest absolute Gasteiger partial charge is 0.0772 e. The van der Waals surface area contributed by atoms with Gasteiger partial charge in [0.2, 0.25) is 0 Å². The van der Waals surface area contributed by atoms with Crippen LogP contribution in [0.2, 0.25) is 0 Å². The molecule has 0 spiro atoms. The molecular weight excluding hydrogens is 264 g/mol. The number of benzene rings is 2. The van der Waals surface area contributed by atoms with E-state index in [2.05, 4.69) is 86.7 Å². The van der Waals surface area contributed by atoms with E-state index in [0.29, 0.717) is 0 Å². The molecule has 0 amide bonds. The summed E-state index contributed by atoms with van der Waals surface area (Å²) in [5.41, 5.74) is 8.00. The molecule has 1 aliphatic rings. The lowest BCUT2D eigenvalue weighted by atomic mass is 10.0. The molecule has 0 saturated heterocycles. The monoisotopic (exact) mass is 286 g/mol. The van der Waals surface area contributed by atoms with Crippen molar-refractivity contribution in [3.8, 4) is 0 Å². The fourth-order valence-corrected chi connectivity index (χ4v) is 2.70. The molecular formula is C22H22. The third-order valence-electron chi connectivity index (χ3n) is 4.11. The van der Waals surface area contributed by atoms with Crippen LogP contribution in [0.1, 0.15) is 28.7 Å². The van der Waals surface area contributed by atoms with Crippen molar-refractivity contribution in [2.45, 2.75) is 26.7 Å². The maximum Gasteiger partial charge on any atom is -0.00288 e. The summed E-state index contributed by atoms with van der Waals surface area (Å²) in [4.78, 5) is 0. The molecule has 0 heteroatoms. The molecule has 0 heterocycles. The molecule has 0 aromatic heterocycles. The second kappa shape index (κ2) is 6.62. The number of rotatable bonds is 3. The van der Waals surface area contributed by atoms with Crippen LogP contribution in [0, 0.1) is 13.8 Å². The molecule has 0 fully saturated rings. The van der Waals surface area contributed by atoms with E-state index in [9.17, 15) is 0 Å². The zero-order chi connectivity index (χ0) is 15.4. The predicted molar refractivity (Wildman–Crippen MR) is 95.9 cm³/mol. The molecule has 0 aliphatic heterocycles. The maximum absolute atomic E-state index is 2.33. The van der Waals surface area contributed by atoms with Crippen molar-refractivity contribution >= 4 is 5.57 Å². The minimum absolute atomic E-state index is 0.997. The van der Waals surface area contributed by atoms with Crippen LogP contribution in [-0.4, -0.2) is 0 Å². The minimum atomic E-state index is 0.997. The van der Waals surface area contributed by atoms with Crippen molar-refractivity contribution < 1.29 is 0 Å². The van der Waals surface area contributed by atoms with Gasteiger partial charge in [0.05, 0.1) is 0 Å². The van der Waals surface area contributed by atoms with E-state index >= 15 is 0 Å². The normalized spacial score (nSPS) is 14.3. The summed E-state index contributed by atoms with van der Waals surface area (Å²) in [5, 5.41) is 0. The van der Waals surface area contributed by atoms with E-state index in [1.165, 1.54) is 33.4 Å². The SMILES string of the molecule is Cc1ccc(CC2=CCC=C(c3ccc(C)cc3)C=C2)cc1. The Morgan fingerprint density at radius 2 is 1.36 bits per heavy atom. The van der Waals surface area contributed by atoms with Gasteiger partial charge in [-0.1, -0.05) is 84.0 Å². The first-order valence-corrected chi connectivity index (χ1v) is 7.90. The summed E-state index contributed by atoms with van der Waals surface area (Å²) in [6.07, 6.45) is 11.2. The van der Waals surface area contributed by atoms with Crippen LogP contribution in [0.25, 0.3) is 5.57 Å². The van der Waals surface area contributed by atoms with Crippen LogP contribution in [0.5, 0.6) is 0 Å². The number of hydrogen-bond donors (Lipinski definition) is 0. The maximum atomic E-state index is 2.33. The first-order valence-electron chi connectivity index (χ1n) is 7.90. The van der Waals surface area contributed by atoms with Crippen molar-refractivity contribution in [1.82, 2.24) is 0 Å². The fourth-order valence-electron chi connectivity index (χ4n) is 2.70. The Hall–Kier alpha value is -2.34. The molecule has 110 valence electrons. The van der Waals surface area contributed by atoms with Gasteiger partial charge < -0.3 is 0 Å². The number of hydrogen-bond acceptors (Lipinski definition) is 0. The summed E-state index contributed by atoms with van der Waals surface area (Å²) < 4.78 is 0.